The predicted molar refractivity (Wildman–Crippen MR) is 154 cm³/mol. The highest BCUT2D eigenvalue weighted by Crippen LogP contribution is 2.39. The van der Waals surface area contributed by atoms with Crippen molar-refractivity contribution in [1.29, 1.82) is 0 Å². The van der Waals surface area contributed by atoms with Crippen molar-refractivity contribution in [2.24, 2.45) is 0 Å². The second-order valence-electron chi connectivity index (χ2n) is 10.3. The Kier molecular flexibility index (Phi) is 8.75. The molecular formula is C29H31Cl2FN4O4. The van der Waals surface area contributed by atoms with E-state index in [1.165, 1.54) is 12.1 Å². The summed E-state index contributed by atoms with van der Waals surface area (Å²) < 4.78 is 31.2. The number of nitrogens with zero attached hydrogens (tertiary/aromatic N) is 3. The fourth-order valence-corrected chi connectivity index (χ4v) is 4.93. The molecule has 0 aliphatic carbocycles. The van der Waals surface area contributed by atoms with Crippen molar-refractivity contribution >= 4 is 40.7 Å². The lowest BCUT2D eigenvalue weighted by molar-refractivity contribution is 0.0270. The second kappa shape index (κ2) is 11.9. The van der Waals surface area contributed by atoms with E-state index >= 15 is 0 Å². The van der Waals surface area contributed by atoms with Gasteiger partial charge >= 0.3 is 6.09 Å². The molecule has 1 atom stereocenters. The van der Waals surface area contributed by atoms with Crippen molar-refractivity contribution < 1.29 is 23.4 Å². The van der Waals surface area contributed by atoms with Gasteiger partial charge in [0.2, 0.25) is 0 Å². The Morgan fingerprint density at radius 1 is 1.15 bits per heavy atom. The third-order valence-electron chi connectivity index (χ3n) is 6.26. The second-order valence-corrected chi connectivity index (χ2v) is 11.1. The van der Waals surface area contributed by atoms with Gasteiger partial charge in [-0.1, -0.05) is 29.3 Å². The summed E-state index contributed by atoms with van der Waals surface area (Å²) in [4.78, 5) is 23.0. The van der Waals surface area contributed by atoms with Crippen molar-refractivity contribution in [2.45, 2.75) is 45.8 Å². The molecular weight excluding hydrogens is 558 g/mol. The van der Waals surface area contributed by atoms with E-state index in [2.05, 4.69) is 9.97 Å². The fourth-order valence-electron chi connectivity index (χ4n) is 4.25. The highest BCUT2D eigenvalue weighted by atomic mass is 35.5. The number of anilines is 1. The predicted octanol–water partition coefficient (Wildman–Crippen LogP) is 7.34. The summed E-state index contributed by atoms with van der Waals surface area (Å²) in [6.07, 6.45) is 4.82. The van der Waals surface area contributed by atoms with E-state index in [1.54, 1.807) is 37.4 Å². The van der Waals surface area contributed by atoms with Gasteiger partial charge in [-0.3, -0.25) is 4.98 Å². The maximum Gasteiger partial charge on any atom is 0.410 e. The molecule has 2 N–H and O–H groups in total. The molecule has 0 saturated carbocycles. The number of pyridine rings is 2. The van der Waals surface area contributed by atoms with Crippen molar-refractivity contribution in [1.82, 2.24) is 14.9 Å². The molecule has 1 aliphatic heterocycles. The number of rotatable bonds is 6. The minimum absolute atomic E-state index is 0.115. The van der Waals surface area contributed by atoms with Gasteiger partial charge < -0.3 is 24.8 Å². The average Bonchev–Trinajstić information content (AvgIpc) is 2.91. The van der Waals surface area contributed by atoms with Crippen LogP contribution in [0, 0.1) is 5.82 Å². The van der Waals surface area contributed by atoms with E-state index in [4.69, 9.17) is 43.1 Å². The summed E-state index contributed by atoms with van der Waals surface area (Å²) >= 11 is 12.4. The van der Waals surface area contributed by atoms with Crippen molar-refractivity contribution in [3.8, 4) is 22.6 Å². The number of methoxy groups -OCH3 is 1. The molecule has 212 valence electrons. The number of hydrogen-bond donors (Lipinski definition) is 1. The smallest absolute Gasteiger partial charge is 0.410 e. The summed E-state index contributed by atoms with van der Waals surface area (Å²) in [5, 5.41) is 0.157. The zero-order valence-electron chi connectivity index (χ0n) is 22.9. The van der Waals surface area contributed by atoms with Crippen LogP contribution in [0.25, 0.3) is 16.7 Å². The van der Waals surface area contributed by atoms with Crippen LogP contribution in [0.3, 0.4) is 0 Å². The minimum atomic E-state index is -0.712. The quantitative estimate of drug-likeness (QED) is 0.300. The highest BCUT2D eigenvalue weighted by molar-refractivity contribution is 6.36. The van der Waals surface area contributed by atoms with Crippen LogP contribution in [0.15, 0.2) is 42.7 Å². The summed E-state index contributed by atoms with van der Waals surface area (Å²) in [7, 11) is 1.57. The number of carbonyl (C=O) groups is 1. The summed E-state index contributed by atoms with van der Waals surface area (Å²) in [6, 6.07) is 6.17. The monoisotopic (exact) mass is 588 g/mol. The number of benzene rings is 1. The number of hydrogen-bond acceptors (Lipinski definition) is 7. The summed E-state index contributed by atoms with van der Waals surface area (Å²) in [5.74, 6) is 0.384. The molecule has 40 heavy (non-hydrogen) atoms. The van der Waals surface area contributed by atoms with Gasteiger partial charge in [0.05, 0.1) is 17.8 Å². The van der Waals surface area contributed by atoms with Gasteiger partial charge in [-0.05, 0) is 57.9 Å². The first-order chi connectivity index (χ1) is 18.9. The van der Waals surface area contributed by atoms with Crippen LogP contribution in [-0.4, -0.2) is 46.8 Å². The molecule has 0 spiro atoms. The topological polar surface area (TPSA) is 99.8 Å². The molecule has 3 heterocycles. The van der Waals surface area contributed by atoms with Crippen LogP contribution >= 0.6 is 23.2 Å². The molecule has 0 radical (unpaired) electrons. The lowest BCUT2D eigenvalue weighted by Crippen LogP contribution is -2.39. The Bertz CT molecular complexity index is 1460. The van der Waals surface area contributed by atoms with Gasteiger partial charge in [-0.2, -0.15) is 0 Å². The Hall–Kier alpha value is -3.56. The van der Waals surface area contributed by atoms with Crippen LogP contribution in [0.4, 0.5) is 15.0 Å². The first-order valence-corrected chi connectivity index (χ1v) is 13.4. The van der Waals surface area contributed by atoms with Crippen LogP contribution < -0.4 is 15.2 Å². The normalized spacial score (nSPS) is 14.4. The molecule has 1 amide bonds. The molecule has 8 nitrogen and oxygen atoms in total. The van der Waals surface area contributed by atoms with Gasteiger partial charge in [0, 0.05) is 53.3 Å². The van der Waals surface area contributed by atoms with Crippen LogP contribution in [-0.2, 0) is 4.74 Å². The Labute approximate surface area is 242 Å². The summed E-state index contributed by atoms with van der Waals surface area (Å²) in [5.41, 5.74) is 8.92. The SMILES string of the molecule is COc1cc(C2=CCN(C(=O)OC(C)(C)C)CC2)ncc1-c1cnc(N)c(O[C@H](C)c2c(Cl)ccc(F)c2Cl)c1. The molecule has 1 aliphatic rings. The van der Waals surface area contributed by atoms with Gasteiger partial charge in [0.1, 0.15) is 23.3 Å². The van der Waals surface area contributed by atoms with Crippen molar-refractivity contribution in [3.63, 3.8) is 0 Å². The van der Waals surface area contributed by atoms with Crippen LogP contribution in [0.1, 0.15) is 51.5 Å². The number of halogens is 3. The number of ether oxygens (including phenoxy) is 3. The number of nitrogens with two attached hydrogens (primary N) is 1. The first kappa shape index (κ1) is 29.4. The molecule has 2 aromatic heterocycles. The number of nitrogen functional groups attached to an aromatic ring is 1. The molecule has 4 rings (SSSR count). The van der Waals surface area contributed by atoms with Crippen LogP contribution in [0.5, 0.6) is 11.5 Å². The zero-order valence-corrected chi connectivity index (χ0v) is 24.4. The third kappa shape index (κ3) is 6.59. The Balaban J connectivity index is 1.56. The van der Waals surface area contributed by atoms with E-state index in [0.29, 0.717) is 42.0 Å². The van der Waals surface area contributed by atoms with Crippen LogP contribution in [0.2, 0.25) is 10.0 Å². The van der Waals surface area contributed by atoms with E-state index in [9.17, 15) is 9.18 Å². The highest BCUT2D eigenvalue weighted by Gasteiger charge is 2.25. The molecule has 0 bridgehead atoms. The number of aromatic nitrogens is 2. The molecule has 3 aromatic rings. The Morgan fingerprint density at radius 2 is 1.90 bits per heavy atom. The molecule has 1 aromatic carbocycles. The lowest BCUT2D eigenvalue weighted by Gasteiger charge is -2.29. The van der Waals surface area contributed by atoms with Gasteiger partial charge in [-0.25, -0.2) is 14.2 Å². The van der Waals surface area contributed by atoms with Gasteiger partial charge in [-0.15, -0.1) is 0 Å². The number of carbonyl (C=O) groups excluding carboxylic acids is 1. The van der Waals surface area contributed by atoms with Gasteiger partial charge in [0.15, 0.2) is 11.6 Å². The fraction of sp³-hybridized carbons (Fsp3) is 0.345. The maximum absolute atomic E-state index is 14.1. The third-order valence-corrected chi connectivity index (χ3v) is 6.97. The van der Waals surface area contributed by atoms with E-state index in [-0.39, 0.29) is 27.7 Å². The largest absolute Gasteiger partial charge is 0.496 e. The first-order valence-electron chi connectivity index (χ1n) is 12.6. The molecule has 11 heteroatoms. The van der Waals surface area contributed by atoms with E-state index < -0.39 is 17.5 Å². The van der Waals surface area contributed by atoms with Crippen molar-refractivity contribution in [3.05, 3.63) is 69.9 Å². The summed E-state index contributed by atoms with van der Waals surface area (Å²) in [6.45, 7) is 8.17. The molecule has 0 unspecified atom stereocenters. The molecule has 0 fully saturated rings. The Morgan fingerprint density at radius 3 is 2.55 bits per heavy atom. The standard InChI is InChI=1S/C29H31Cl2FN4O4/c1-16(25-20(30)6-7-21(32)26(25)31)39-24-12-18(14-35-27(24)33)19-15-34-22(13-23(19)38-5)17-8-10-36(11-9-17)28(37)40-29(2,3)4/h6-8,12-16H,9-11H2,1-5H3,(H2,33,35)/t16-/m1/s1. The average molecular weight is 589 g/mol. The molecule has 0 saturated heterocycles. The zero-order chi connectivity index (χ0) is 29.2. The van der Waals surface area contributed by atoms with E-state index in [0.717, 1.165) is 11.3 Å². The lowest BCUT2D eigenvalue weighted by atomic mass is 10.0. The number of amides is 1. The minimum Gasteiger partial charge on any atom is -0.496 e. The van der Waals surface area contributed by atoms with E-state index in [1.807, 2.05) is 32.9 Å². The maximum atomic E-state index is 14.1. The van der Waals surface area contributed by atoms with Crippen molar-refractivity contribution in [2.75, 3.05) is 25.9 Å². The van der Waals surface area contributed by atoms with Gasteiger partial charge in [0.25, 0.3) is 0 Å².